The van der Waals surface area contributed by atoms with Crippen LogP contribution in [0.2, 0.25) is 0 Å². The molecule has 0 N–H and O–H groups in total. The molecule has 0 aliphatic heterocycles. The van der Waals surface area contributed by atoms with Crippen LogP contribution in [0.5, 0.6) is 0 Å². The van der Waals surface area contributed by atoms with Crippen LogP contribution in [0, 0.1) is 0 Å². The van der Waals surface area contributed by atoms with Crippen LogP contribution in [0.15, 0.2) is 24.6 Å². The third kappa shape index (κ3) is 4.57. The Morgan fingerprint density at radius 1 is 1.38 bits per heavy atom. The van der Waals surface area contributed by atoms with Crippen molar-refractivity contribution in [3.63, 3.8) is 0 Å². The zero-order chi connectivity index (χ0) is 12.7. The molecular weight excluding hydrogens is 209 g/mol. The number of carbonyl (C=O) groups excluding carboxylic acids is 1. The van der Waals surface area contributed by atoms with Gasteiger partial charge in [-0.05, 0) is 20.0 Å². The number of hydrogen-bond acceptors (Lipinski definition) is 3. The Balaban J connectivity index is 4.40. The Morgan fingerprint density at radius 2 is 1.88 bits per heavy atom. The van der Waals surface area contributed by atoms with Crippen LogP contribution >= 0.6 is 0 Å². The van der Waals surface area contributed by atoms with Crippen LogP contribution in [-0.4, -0.2) is 36.6 Å². The van der Waals surface area contributed by atoms with Gasteiger partial charge in [-0.25, -0.2) is 9.18 Å². The molecule has 0 saturated heterocycles. The number of hydrogen-bond donors (Lipinski definition) is 0. The molecule has 4 heteroatoms. The van der Waals surface area contributed by atoms with Crippen LogP contribution in [0.4, 0.5) is 4.39 Å². The summed E-state index contributed by atoms with van der Waals surface area (Å²) >= 11 is 0. The second-order valence-corrected chi connectivity index (χ2v) is 3.56. The molecule has 0 aliphatic rings. The van der Waals surface area contributed by atoms with Crippen molar-refractivity contribution < 1.29 is 13.9 Å². The van der Waals surface area contributed by atoms with Crippen molar-refractivity contribution >= 4 is 5.97 Å². The first-order chi connectivity index (χ1) is 7.43. The summed E-state index contributed by atoms with van der Waals surface area (Å²) in [6.07, 6.45) is 0. The van der Waals surface area contributed by atoms with Crippen LogP contribution in [-0.2, 0) is 9.53 Å². The standard InChI is InChI=1S/C12H20FNO2/c1-6-14(7-2)11(10(5)13)8-16-12(15)9(3)4/h11H,3,5-8H2,1-2,4H3. The van der Waals surface area contributed by atoms with Crippen molar-refractivity contribution in [2.75, 3.05) is 19.7 Å². The number of nitrogens with zero attached hydrogens (tertiary/aromatic N) is 1. The van der Waals surface area contributed by atoms with Gasteiger partial charge in [0.2, 0.25) is 0 Å². The zero-order valence-electron chi connectivity index (χ0n) is 10.3. The van der Waals surface area contributed by atoms with Gasteiger partial charge < -0.3 is 4.74 Å². The lowest BCUT2D eigenvalue weighted by molar-refractivity contribution is -0.140. The van der Waals surface area contributed by atoms with Crippen LogP contribution in [0.25, 0.3) is 0 Å². The van der Waals surface area contributed by atoms with E-state index in [1.165, 1.54) is 0 Å². The highest BCUT2D eigenvalue weighted by atomic mass is 19.1. The van der Waals surface area contributed by atoms with Crippen molar-refractivity contribution in [2.24, 2.45) is 0 Å². The van der Waals surface area contributed by atoms with E-state index in [0.717, 1.165) is 0 Å². The van der Waals surface area contributed by atoms with E-state index in [1.54, 1.807) is 6.92 Å². The first-order valence-electron chi connectivity index (χ1n) is 5.34. The van der Waals surface area contributed by atoms with Crippen molar-refractivity contribution in [1.82, 2.24) is 4.90 Å². The molecule has 3 nitrogen and oxygen atoms in total. The van der Waals surface area contributed by atoms with Gasteiger partial charge >= 0.3 is 5.97 Å². The van der Waals surface area contributed by atoms with Crippen molar-refractivity contribution in [1.29, 1.82) is 0 Å². The third-order valence-corrected chi connectivity index (χ3v) is 2.34. The normalized spacial score (nSPS) is 12.3. The van der Waals surface area contributed by atoms with Gasteiger partial charge in [-0.15, -0.1) is 0 Å². The van der Waals surface area contributed by atoms with Crippen molar-refractivity contribution in [2.45, 2.75) is 26.8 Å². The molecule has 1 atom stereocenters. The summed E-state index contributed by atoms with van der Waals surface area (Å²) < 4.78 is 18.1. The van der Waals surface area contributed by atoms with Gasteiger partial charge in [-0.3, -0.25) is 4.90 Å². The predicted octanol–water partition coefficient (Wildman–Crippen LogP) is 2.30. The topological polar surface area (TPSA) is 29.5 Å². The summed E-state index contributed by atoms with van der Waals surface area (Å²) in [4.78, 5) is 13.0. The molecule has 0 saturated carbocycles. The Morgan fingerprint density at radius 3 is 2.19 bits per heavy atom. The SMILES string of the molecule is C=C(C)C(=O)OCC(C(=C)F)N(CC)CC. The number of rotatable bonds is 7. The summed E-state index contributed by atoms with van der Waals surface area (Å²) in [6.45, 7) is 13.4. The summed E-state index contributed by atoms with van der Waals surface area (Å²) in [5.41, 5.74) is 0.308. The lowest BCUT2D eigenvalue weighted by Crippen LogP contribution is -2.39. The minimum atomic E-state index is -0.571. The second kappa shape index (κ2) is 7.17. The molecule has 0 fully saturated rings. The maximum Gasteiger partial charge on any atom is 0.333 e. The van der Waals surface area contributed by atoms with Gasteiger partial charge in [0.1, 0.15) is 12.4 Å². The highest BCUT2D eigenvalue weighted by Gasteiger charge is 2.21. The molecular formula is C12H20FNO2. The predicted molar refractivity (Wildman–Crippen MR) is 62.7 cm³/mol. The minimum absolute atomic E-state index is 0.0251. The fourth-order valence-corrected chi connectivity index (χ4v) is 1.34. The summed E-state index contributed by atoms with van der Waals surface area (Å²) in [5, 5.41) is 0. The van der Waals surface area contributed by atoms with E-state index in [9.17, 15) is 9.18 Å². The van der Waals surface area contributed by atoms with Gasteiger partial charge in [0.05, 0.1) is 6.04 Å². The monoisotopic (exact) mass is 229 g/mol. The van der Waals surface area contributed by atoms with E-state index in [1.807, 2.05) is 18.7 Å². The summed E-state index contributed by atoms with van der Waals surface area (Å²) in [5.74, 6) is -0.989. The van der Waals surface area contributed by atoms with E-state index in [4.69, 9.17) is 4.74 Å². The molecule has 0 heterocycles. The average molecular weight is 229 g/mol. The largest absolute Gasteiger partial charge is 0.460 e. The number of carbonyl (C=O) groups is 1. The molecule has 16 heavy (non-hydrogen) atoms. The molecule has 1 unspecified atom stereocenters. The highest BCUT2D eigenvalue weighted by Crippen LogP contribution is 2.11. The molecule has 92 valence electrons. The van der Waals surface area contributed by atoms with E-state index in [0.29, 0.717) is 18.7 Å². The number of likely N-dealkylation sites (N-methyl/N-ethyl adjacent to an activating group) is 1. The van der Waals surface area contributed by atoms with Gasteiger partial charge in [-0.2, -0.15) is 0 Å². The van der Waals surface area contributed by atoms with Crippen molar-refractivity contribution in [3.8, 4) is 0 Å². The second-order valence-electron chi connectivity index (χ2n) is 3.56. The zero-order valence-corrected chi connectivity index (χ0v) is 10.3. The van der Waals surface area contributed by atoms with E-state index >= 15 is 0 Å². The van der Waals surface area contributed by atoms with Crippen molar-refractivity contribution in [3.05, 3.63) is 24.6 Å². The summed E-state index contributed by atoms with van der Waals surface area (Å²) in [7, 11) is 0. The number of esters is 1. The molecule has 0 rings (SSSR count). The maximum atomic E-state index is 13.2. The number of ether oxygens (including phenoxy) is 1. The van der Waals surface area contributed by atoms with Gasteiger partial charge in [0, 0.05) is 5.57 Å². The average Bonchev–Trinajstić information content (AvgIpc) is 2.22. The molecule has 0 aromatic heterocycles. The quantitative estimate of drug-likeness (QED) is 0.495. The smallest absolute Gasteiger partial charge is 0.333 e. The van der Waals surface area contributed by atoms with Crippen LogP contribution < -0.4 is 0 Å². The van der Waals surface area contributed by atoms with E-state index < -0.39 is 17.8 Å². The highest BCUT2D eigenvalue weighted by molar-refractivity contribution is 5.86. The molecule has 0 aromatic rings. The molecule has 0 aromatic carbocycles. The molecule has 0 amide bonds. The van der Waals surface area contributed by atoms with Gasteiger partial charge in [-0.1, -0.05) is 27.0 Å². The maximum absolute atomic E-state index is 13.2. The van der Waals surface area contributed by atoms with E-state index in [2.05, 4.69) is 13.2 Å². The van der Waals surface area contributed by atoms with Crippen LogP contribution in [0.3, 0.4) is 0 Å². The fourth-order valence-electron chi connectivity index (χ4n) is 1.34. The number of halogens is 1. The lowest BCUT2D eigenvalue weighted by atomic mass is 10.2. The first kappa shape index (κ1) is 14.8. The first-order valence-corrected chi connectivity index (χ1v) is 5.34. The molecule has 0 radical (unpaired) electrons. The fraction of sp³-hybridized carbons (Fsp3) is 0.583. The Bertz CT molecular complexity index is 272. The van der Waals surface area contributed by atoms with Gasteiger partial charge in [0.25, 0.3) is 0 Å². The Labute approximate surface area is 96.6 Å². The van der Waals surface area contributed by atoms with Gasteiger partial charge in [0.15, 0.2) is 0 Å². The lowest BCUT2D eigenvalue weighted by Gasteiger charge is -2.27. The van der Waals surface area contributed by atoms with E-state index in [-0.39, 0.29) is 6.61 Å². The third-order valence-electron chi connectivity index (χ3n) is 2.34. The molecule has 0 aliphatic carbocycles. The Hall–Kier alpha value is -1.16. The molecule has 0 bridgehead atoms. The van der Waals surface area contributed by atoms with Crippen LogP contribution in [0.1, 0.15) is 20.8 Å². The minimum Gasteiger partial charge on any atom is -0.460 e. The summed E-state index contributed by atoms with van der Waals surface area (Å²) in [6, 6.07) is -0.571. The molecule has 0 spiro atoms. The Kier molecular flexibility index (Phi) is 6.65.